The lowest BCUT2D eigenvalue weighted by Gasteiger charge is -2.22. The third kappa shape index (κ3) is 3.72. The normalized spacial score (nSPS) is 10.3. The fourth-order valence-corrected chi connectivity index (χ4v) is 1.76. The van der Waals surface area contributed by atoms with Gasteiger partial charge >= 0.3 is 0 Å². The first-order valence-electron chi connectivity index (χ1n) is 6.00. The van der Waals surface area contributed by atoms with Crippen molar-refractivity contribution in [1.29, 1.82) is 5.26 Å². The molecule has 0 aliphatic rings. The van der Waals surface area contributed by atoms with E-state index in [0.717, 1.165) is 5.56 Å². The first kappa shape index (κ1) is 13.9. The van der Waals surface area contributed by atoms with Gasteiger partial charge in [-0.15, -0.1) is 10.2 Å². The number of rotatable bonds is 5. The first-order valence-corrected chi connectivity index (χ1v) is 6.00. The number of nitriles is 1. The lowest BCUT2D eigenvalue weighted by Crippen LogP contribution is -2.29. The minimum atomic E-state index is -2.48. The van der Waals surface area contributed by atoms with Crippen LogP contribution in [0.15, 0.2) is 42.5 Å². The van der Waals surface area contributed by atoms with E-state index in [0.29, 0.717) is 12.4 Å². The zero-order valence-corrected chi connectivity index (χ0v) is 10.6. The molecule has 4 nitrogen and oxygen atoms in total. The molecular weight excluding hydrogens is 262 g/mol. The predicted molar refractivity (Wildman–Crippen MR) is 70.2 cm³/mol. The standard InChI is InChI=1S/C14H12F2N4/c15-13(16)10-20(9-11-4-2-1-3-5-11)14-7-6-12(8-17)18-19-14/h1-7,13H,9-10H2. The Morgan fingerprint density at radius 3 is 2.40 bits per heavy atom. The molecular formula is C14H12F2N4. The molecule has 0 aliphatic heterocycles. The molecule has 102 valence electrons. The van der Waals surface area contributed by atoms with Crippen LogP contribution in [0.5, 0.6) is 0 Å². The van der Waals surface area contributed by atoms with E-state index in [1.165, 1.54) is 17.0 Å². The molecule has 20 heavy (non-hydrogen) atoms. The quantitative estimate of drug-likeness (QED) is 0.841. The van der Waals surface area contributed by atoms with Crippen LogP contribution in [-0.4, -0.2) is 23.2 Å². The lowest BCUT2D eigenvalue weighted by atomic mass is 10.2. The molecule has 0 saturated heterocycles. The van der Waals surface area contributed by atoms with E-state index in [1.807, 2.05) is 36.4 Å². The number of halogens is 2. The van der Waals surface area contributed by atoms with Crippen LogP contribution >= 0.6 is 0 Å². The third-order valence-corrected chi connectivity index (χ3v) is 2.66. The summed E-state index contributed by atoms with van der Waals surface area (Å²) in [6, 6.07) is 14.1. The first-order chi connectivity index (χ1) is 9.69. The van der Waals surface area contributed by atoms with Crippen molar-refractivity contribution < 1.29 is 8.78 Å². The van der Waals surface area contributed by atoms with E-state index >= 15 is 0 Å². The predicted octanol–water partition coefficient (Wildman–Crippen LogP) is 2.62. The number of nitrogens with zero attached hydrogens (tertiary/aromatic N) is 4. The van der Waals surface area contributed by atoms with Gasteiger partial charge in [-0.25, -0.2) is 8.78 Å². The summed E-state index contributed by atoms with van der Waals surface area (Å²) in [5.41, 5.74) is 1.06. The number of hydrogen-bond donors (Lipinski definition) is 0. The van der Waals surface area contributed by atoms with Crippen molar-refractivity contribution >= 4 is 5.82 Å². The zero-order valence-electron chi connectivity index (χ0n) is 10.6. The Balaban J connectivity index is 2.20. The average molecular weight is 274 g/mol. The number of benzene rings is 1. The highest BCUT2D eigenvalue weighted by Crippen LogP contribution is 2.15. The maximum Gasteiger partial charge on any atom is 0.255 e. The summed E-state index contributed by atoms with van der Waals surface area (Å²) in [7, 11) is 0. The van der Waals surface area contributed by atoms with Crippen molar-refractivity contribution in [3.8, 4) is 6.07 Å². The van der Waals surface area contributed by atoms with Gasteiger partial charge in [0.05, 0.1) is 6.54 Å². The SMILES string of the molecule is N#Cc1ccc(N(Cc2ccccc2)CC(F)F)nn1. The van der Waals surface area contributed by atoms with Gasteiger partial charge in [-0.3, -0.25) is 0 Å². The highest BCUT2D eigenvalue weighted by molar-refractivity contribution is 5.40. The topological polar surface area (TPSA) is 52.8 Å². The van der Waals surface area contributed by atoms with Gasteiger partial charge in [-0.1, -0.05) is 30.3 Å². The van der Waals surface area contributed by atoms with Gasteiger partial charge in [0.15, 0.2) is 11.5 Å². The second-order valence-electron chi connectivity index (χ2n) is 4.15. The molecule has 0 atom stereocenters. The molecule has 0 bridgehead atoms. The maximum atomic E-state index is 12.7. The molecule has 2 aromatic rings. The van der Waals surface area contributed by atoms with Crippen LogP contribution < -0.4 is 4.90 Å². The van der Waals surface area contributed by atoms with Crippen molar-refractivity contribution in [2.75, 3.05) is 11.4 Å². The molecule has 0 spiro atoms. The highest BCUT2D eigenvalue weighted by Gasteiger charge is 2.15. The van der Waals surface area contributed by atoms with Crippen LogP contribution in [0.3, 0.4) is 0 Å². The van der Waals surface area contributed by atoms with E-state index in [-0.39, 0.29) is 5.69 Å². The van der Waals surface area contributed by atoms with Gasteiger partial charge in [-0.2, -0.15) is 5.26 Å². The van der Waals surface area contributed by atoms with E-state index in [1.54, 1.807) is 0 Å². The Labute approximate surface area is 115 Å². The van der Waals surface area contributed by atoms with E-state index in [4.69, 9.17) is 5.26 Å². The Bertz CT molecular complexity index is 578. The lowest BCUT2D eigenvalue weighted by molar-refractivity contribution is 0.154. The Morgan fingerprint density at radius 1 is 1.10 bits per heavy atom. The summed E-state index contributed by atoms with van der Waals surface area (Å²) in [6.45, 7) is -0.124. The molecule has 2 rings (SSSR count). The largest absolute Gasteiger partial charge is 0.345 e. The van der Waals surface area contributed by atoms with Gasteiger partial charge in [0.25, 0.3) is 6.43 Å². The number of hydrogen-bond acceptors (Lipinski definition) is 4. The Hall–Kier alpha value is -2.55. The second-order valence-corrected chi connectivity index (χ2v) is 4.15. The highest BCUT2D eigenvalue weighted by atomic mass is 19.3. The Morgan fingerprint density at radius 2 is 1.85 bits per heavy atom. The molecule has 0 amide bonds. The van der Waals surface area contributed by atoms with Gasteiger partial charge in [0.2, 0.25) is 0 Å². The molecule has 1 aromatic carbocycles. The van der Waals surface area contributed by atoms with Gasteiger partial charge in [0.1, 0.15) is 6.07 Å². The van der Waals surface area contributed by atoms with Gasteiger partial charge in [-0.05, 0) is 17.7 Å². The molecule has 0 unspecified atom stereocenters. The molecule has 1 aromatic heterocycles. The minimum Gasteiger partial charge on any atom is -0.345 e. The van der Waals surface area contributed by atoms with Crippen molar-refractivity contribution in [1.82, 2.24) is 10.2 Å². The monoisotopic (exact) mass is 274 g/mol. The van der Waals surface area contributed by atoms with Gasteiger partial charge in [0, 0.05) is 6.54 Å². The zero-order chi connectivity index (χ0) is 14.4. The minimum absolute atomic E-state index is 0.158. The average Bonchev–Trinajstić information content (AvgIpc) is 2.47. The van der Waals surface area contributed by atoms with Crippen molar-refractivity contribution in [3.63, 3.8) is 0 Å². The summed E-state index contributed by atoms with van der Waals surface area (Å²) in [5, 5.41) is 16.2. The van der Waals surface area contributed by atoms with Crippen LogP contribution in [0.2, 0.25) is 0 Å². The Kier molecular flexibility index (Phi) is 4.56. The van der Waals surface area contributed by atoms with E-state index < -0.39 is 13.0 Å². The number of alkyl halides is 2. The van der Waals surface area contributed by atoms with E-state index in [2.05, 4.69) is 10.2 Å². The molecule has 6 heteroatoms. The van der Waals surface area contributed by atoms with Crippen LogP contribution in [-0.2, 0) is 6.54 Å². The maximum absolute atomic E-state index is 12.7. The van der Waals surface area contributed by atoms with Crippen LogP contribution in [0, 0.1) is 11.3 Å². The molecule has 0 aliphatic carbocycles. The smallest absolute Gasteiger partial charge is 0.255 e. The summed E-state index contributed by atoms with van der Waals surface area (Å²) in [4.78, 5) is 1.44. The summed E-state index contributed by atoms with van der Waals surface area (Å²) >= 11 is 0. The van der Waals surface area contributed by atoms with Crippen LogP contribution in [0.4, 0.5) is 14.6 Å². The number of anilines is 1. The van der Waals surface area contributed by atoms with Crippen LogP contribution in [0.25, 0.3) is 0 Å². The van der Waals surface area contributed by atoms with Crippen molar-refractivity contribution in [2.24, 2.45) is 0 Å². The van der Waals surface area contributed by atoms with Crippen molar-refractivity contribution in [3.05, 3.63) is 53.7 Å². The summed E-state index contributed by atoms with van der Waals surface area (Å²) in [6.07, 6.45) is -2.48. The molecule has 0 N–H and O–H groups in total. The summed E-state index contributed by atoms with van der Waals surface area (Å²) < 4.78 is 25.4. The third-order valence-electron chi connectivity index (χ3n) is 2.66. The fraction of sp³-hybridized carbons (Fsp3) is 0.214. The number of aromatic nitrogens is 2. The molecule has 1 heterocycles. The second kappa shape index (κ2) is 6.57. The fourth-order valence-electron chi connectivity index (χ4n) is 1.76. The summed E-state index contributed by atoms with van der Waals surface area (Å²) in [5.74, 6) is 0.327. The van der Waals surface area contributed by atoms with Crippen molar-refractivity contribution in [2.45, 2.75) is 13.0 Å². The molecule has 0 saturated carbocycles. The molecule has 0 radical (unpaired) electrons. The molecule has 0 fully saturated rings. The van der Waals surface area contributed by atoms with Gasteiger partial charge < -0.3 is 4.90 Å². The van der Waals surface area contributed by atoms with E-state index in [9.17, 15) is 8.78 Å². The van der Waals surface area contributed by atoms with Crippen LogP contribution in [0.1, 0.15) is 11.3 Å².